The lowest BCUT2D eigenvalue weighted by Gasteiger charge is -2.28. The van der Waals surface area contributed by atoms with Crippen molar-refractivity contribution < 1.29 is 0 Å². The Morgan fingerprint density at radius 2 is 2.12 bits per heavy atom. The van der Waals surface area contributed by atoms with Crippen molar-refractivity contribution in [1.29, 1.82) is 0 Å². The predicted octanol–water partition coefficient (Wildman–Crippen LogP) is 2.19. The van der Waals surface area contributed by atoms with Crippen LogP contribution < -0.4 is 5.73 Å². The van der Waals surface area contributed by atoms with Gasteiger partial charge in [0.2, 0.25) is 0 Å². The average Bonchev–Trinajstić information content (AvgIpc) is 2.28. The molecule has 1 aromatic heterocycles. The van der Waals surface area contributed by atoms with E-state index in [-0.39, 0.29) is 0 Å². The molecule has 0 aliphatic rings. The first kappa shape index (κ1) is 14.1. The van der Waals surface area contributed by atoms with Gasteiger partial charge in [-0.05, 0) is 31.5 Å². The highest BCUT2D eigenvalue weighted by Gasteiger charge is 2.15. The third kappa shape index (κ3) is 3.75. The zero-order valence-electron chi connectivity index (χ0n) is 11.0. The molecular weight excluding hydrogens is 230 g/mol. The van der Waals surface area contributed by atoms with Crippen LogP contribution in [0, 0.1) is 5.92 Å². The number of pyridine rings is 1. The van der Waals surface area contributed by atoms with Crippen LogP contribution in [0.3, 0.4) is 0 Å². The molecular formula is C13H21N3S. The minimum atomic E-state index is 0.367. The minimum Gasteiger partial charge on any atom is -0.388 e. The Hall–Kier alpha value is -1.00. The van der Waals surface area contributed by atoms with Crippen molar-refractivity contribution >= 4 is 17.2 Å². The summed E-state index contributed by atoms with van der Waals surface area (Å²) < 4.78 is 0. The Bertz CT molecular complexity index is 390. The van der Waals surface area contributed by atoms with Gasteiger partial charge in [-0.15, -0.1) is 0 Å². The Labute approximate surface area is 109 Å². The van der Waals surface area contributed by atoms with Crippen molar-refractivity contribution in [2.75, 3.05) is 7.05 Å². The summed E-state index contributed by atoms with van der Waals surface area (Å²) in [4.78, 5) is 6.90. The monoisotopic (exact) mass is 251 g/mol. The lowest BCUT2D eigenvalue weighted by molar-refractivity contribution is 0.200. The highest BCUT2D eigenvalue weighted by molar-refractivity contribution is 7.80. The van der Waals surface area contributed by atoms with Crippen LogP contribution in [0.1, 0.15) is 32.0 Å². The second-order valence-electron chi connectivity index (χ2n) is 4.78. The van der Waals surface area contributed by atoms with Crippen LogP contribution in [0.4, 0.5) is 0 Å². The molecule has 0 aromatic carbocycles. The van der Waals surface area contributed by atoms with E-state index in [0.29, 0.717) is 16.9 Å². The lowest BCUT2D eigenvalue weighted by Crippen LogP contribution is -2.33. The Kier molecular flexibility index (Phi) is 5.02. The molecule has 0 saturated heterocycles. The molecule has 94 valence electrons. The van der Waals surface area contributed by atoms with E-state index >= 15 is 0 Å². The van der Waals surface area contributed by atoms with Gasteiger partial charge < -0.3 is 5.73 Å². The Morgan fingerprint density at radius 3 is 2.65 bits per heavy atom. The standard InChI is InChI=1S/C13H21N3S/c1-9(2)10(3)16(4)8-11-6-5-7-15-12(11)13(14)17/h5-7,9-10H,8H2,1-4H3,(H2,14,17). The second-order valence-corrected chi connectivity index (χ2v) is 5.21. The van der Waals surface area contributed by atoms with Crippen molar-refractivity contribution in [3.63, 3.8) is 0 Å². The fourth-order valence-corrected chi connectivity index (χ4v) is 1.89. The first-order chi connectivity index (χ1) is 7.93. The molecule has 0 aliphatic carbocycles. The number of nitrogens with two attached hydrogens (primary N) is 1. The highest BCUT2D eigenvalue weighted by atomic mass is 32.1. The maximum atomic E-state index is 5.68. The van der Waals surface area contributed by atoms with Crippen molar-refractivity contribution in [3.8, 4) is 0 Å². The molecule has 1 aromatic rings. The zero-order chi connectivity index (χ0) is 13.0. The van der Waals surface area contributed by atoms with Crippen LogP contribution >= 0.6 is 12.2 Å². The van der Waals surface area contributed by atoms with Crippen molar-refractivity contribution in [3.05, 3.63) is 29.6 Å². The molecule has 0 amide bonds. The Morgan fingerprint density at radius 1 is 1.47 bits per heavy atom. The third-order valence-corrected chi connectivity index (χ3v) is 3.40. The van der Waals surface area contributed by atoms with E-state index in [4.69, 9.17) is 18.0 Å². The molecule has 2 N–H and O–H groups in total. The first-order valence-corrected chi connectivity index (χ1v) is 6.28. The maximum Gasteiger partial charge on any atom is 0.123 e. The SMILES string of the molecule is CC(C)C(C)N(C)Cc1cccnc1C(N)=S. The van der Waals surface area contributed by atoms with Crippen LogP contribution in [0.15, 0.2) is 18.3 Å². The first-order valence-electron chi connectivity index (χ1n) is 5.87. The topological polar surface area (TPSA) is 42.2 Å². The highest BCUT2D eigenvalue weighted by Crippen LogP contribution is 2.14. The van der Waals surface area contributed by atoms with Gasteiger partial charge in [-0.1, -0.05) is 32.1 Å². The summed E-state index contributed by atoms with van der Waals surface area (Å²) in [6.45, 7) is 7.49. The molecule has 1 rings (SSSR count). The Balaban J connectivity index is 2.84. The van der Waals surface area contributed by atoms with E-state index < -0.39 is 0 Å². The maximum absolute atomic E-state index is 5.68. The molecule has 3 nitrogen and oxygen atoms in total. The summed E-state index contributed by atoms with van der Waals surface area (Å²) in [5.74, 6) is 0.616. The number of aromatic nitrogens is 1. The second kappa shape index (κ2) is 6.07. The number of hydrogen-bond donors (Lipinski definition) is 1. The molecule has 0 bridgehead atoms. The van der Waals surface area contributed by atoms with E-state index in [2.05, 4.69) is 37.7 Å². The normalized spacial score (nSPS) is 13.1. The molecule has 0 fully saturated rings. The number of rotatable bonds is 5. The minimum absolute atomic E-state index is 0.367. The van der Waals surface area contributed by atoms with Gasteiger partial charge in [-0.3, -0.25) is 9.88 Å². The van der Waals surface area contributed by atoms with Crippen LogP contribution in [0.25, 0.3) is 0 Å². The number of hydrogen-bond acceptors (Lipinski definition) is 3. The molecule has 1 heterocycles. The molecule has 1 atom stereocenters. The summed E-state index contributed by atoms with van der Waals surface area (Å²) >= 11 is 5.02. The average molecular weight is 251 g/mol. The fourth-order valence-electron chi connectivity index (χ4n) is 1.71. The summed E-state index contributed by atoms with van der Waals surface area (Å²) in [7, 11) is 2.11. The third-order valence-electron chi connectivity index (χ3n) is 3.20. The van der Waals surface area contributed by atoms with Gasteiger partial charge >= 0.3 is 0 Å². The molecule has 0 radical (unpaired) electrons. The number of thiocarbonyl (C=S) groups is 1. The van der Waals surface area contributed by atoms with Gasteiger partial charge in [0.15, 0.2) is 0 Å². The summed E-state index contributed by atoms with van der Waals surface area (Å²) in [5, 5.41) is 0. The van der Waals surface area contributed by atoms with E-state index in [1.165, 1.54) is 0 Å². The number of nitrogens with zero attached hydrogens (tertiary/aromatic N) is 2. The lowest BCUT2D eigenvalue weighted by atomic mass is 10.0. The van der Waals surface area contributed by atoms with Crippen LogP contribution in [0.5, 0.6) is 0 Å². The molecule has 17 heavy (non-hydrogen) atoms. The quantitative estimate of drug-likeness (QED) is 0.815. The summed E-state index contributed by atoms with van der Waals surface area (Å²) in [5.41, 5.74) is 7.51. The van der Waals surface area contributed by atoms with Crippen molar-refractivity contribution in [1.82, 2.24) is 9.88 Å². The van der Waals surface area contributed by atoms with Gasteiger partial charge in [0.05, 0.1) is 0 Å². The molecule has 4 heteroatoms. The predicted molar refractivity (Wildman–Crippen MR) is 75.9 cm³/mol. The van der Waals surface area contributed by atoms with Gasteiger partial charge in [-0.2, -0.15) is 0 Å². The van der Waals surface area contributed by atoms with Gasteiger partial charge in [0, 0.05) is 18.8 Å². The van der Waals surface area contributed by atoms with Crippen LogP contribution in [-0.2, 0) is 6.54 Å². The molecule has 0 spiro atoms. The van der Waals surface area contributed by atoms with E-state index in [1.807, 2.05) is 12.1 Å². The zero-order valence-corrected chi connectivity index (χ0v) is 11.8. The van der Waals surface area contributed by atoms with E-state index in [1.54, 1.807) is 6.20 Å². The molecule has 0 aliphatic heterocycles. The summed E-state index contributed by atoms with van der Waals surface area (Å²) in [6, 6.07) is 4.46. The van der Waals surface area contributed by atoms with Crippen LogP contribution in [0.2, 0.25) is 0 Å². The smallest absolute Gasteiger partial charge is 0.123 e. The largest absolute Gasteiger partial charge is 0.388 e. The van der Waals surface area contributed by atoms with Gasteiger partial charge in [0.25, 0.3) is 0 Å². The van der Waals surface area contributed by atoms with Crippen molar-refractivity contribution in [2.45, 2.75) is 33.4 Å². The van der Waals surface area contributed by atoms with E-state index in [0.717, 1.165) is 17.8 Å². The summed E-state index contributed by atoms with van der Waals surface area (Å²) in [6.07, 6.45) is 1.73. The van der Waals surface area contributed by atoms with E-state index in [9.17, 15) is 0 Å². The van der Waals surface area contributed by atoms with Crippen LogP contribution in [-0.4, -0.2) is 28.0 Å². The van der Waals surface area contributed by atoms with Gasteiger partial charge in [0.1, 0.15) is 10.7 Å². The molecule has 1 unspecified atom stereocenters. The fraction of sp³-hybridized carbons (Fsp3) is 0.538. The molecule has 0 saturated carbocycles. The van der Waals surface area contributed by atoms with Gasteiger partial charge in [-0.25, -0.2) is 0 Å². The van der Waals surface area contributed by atoms with Crippen molar-refractivity contribution in [2.24, 2.45) is 11.7 Å².